The van der Waals surface area contributed by atoms with Gasteiger partial charge in [0.15, 0.2) is 0 Å². The number of pyridine rings is 1. The molecule has 0 saturated heterocycles. The Balaban J connectivity index is 1.99. The Bertz CT molecular complexity index is 444. The number of hydrogen-bond acceptors (Lipinski definition) is 5. The third kappa shape index (κ3) is 2.53. The molecule has 2 rings (SSSR count). The topological polar surface area (TPSA) is 97.5 Å². The van der Waals surface area contributed by atoms with Gasteiger partial charge in [-0.25, -0.2) is 9.78 Å². The van der Waals surface area contributed by atoms with E-state index in [1.165, 1.54) is 12.3 Å². The van der Waals surface area contributed by atoms with Crippen LogP contribution < -0.4 is 11.1 Å². The highest BCUT2D eigenvalue weighted by atomic mass is 16.5. The summed E-state index contributed by atoms with van der Waals surface area (Å²) in [5.41, 5.74) is 6.03. The molecule has 4 N–H and O–H groups in total. The fourth-order valence-electron chi connectivity index (χ4n) is 2.02. The zero-order valence-electron chi connectivity index (χ0n) is 10.2. The summed E-state index contributed by atoms with van der Waals surface area (Å²) >= 11 is 0. The van der Waals surface area contributed by atoms with Crippen LogP contribution in [0, 0.1) is 0 Å². The highest BCUT2D eigenvalue weighted by Gasteiger charge is 2.30. The predicted molar refractivity (Wildman–Crippen MR) is 67.7 cm³/mol. The van der Waals surface area contributed by atoms with Gasteiger partial charge in [0.1, 0.15) is 5.82 Å². The number of nitrogen functional groups attached to an aromatic ring is 1. The van der Waals surface area contributed by atoms with Crippen molar-refractivity contribution in [3.63, 3.8) is 0 Å². The second-order valence-electron chi connectivity index (χ2n) is 4.32. The van der Waals surface area contributed by atoms with E-state index in [1.54, 1.807) is 0 Å². The van der Waals surface area contributed by atoms with E-state index in [2.05, 4.69) is 10.3 Å². The highest BCUT2D eigenvalue weighted by molar-refractivity contribution is 5.96. The van der Waals surface area contributed by atoms with Crippen molar-refractivity contribution in [1.29, 1.82) is 0 Å². The third-order valence-corrected chi connectivity index (χ3v) is 3.06. The highest BCUT2D eigenvalue weighted by Crippen LogP contribution is 2.29. The van der Waals surface area contributed by atoms with Gasteiger partial charge in [0.25, 0.3) is 0 Å². The Kier molecular flexibility index (Phi) is 3.66. The average Bonchev–Trinajstić information content (AvgIpc) is 2.28. The Hall–Kier alpha value is -1.82. The lowest BCUT2D eigenvalue weighted by molar-refractivity contribution is 0.00293. The first-order valence-corrected chi connectivity index (χ1v) is 5.97. The van der Waals surface area contributed by atoms with Gasteiger partial charge in [-0.15, -0.1) is 0 Å². The Labute approximate surface area is 105 Å². The van der Waals surface area contributed by atoms with E-state index in [1.807, 2.05) is 6.92 Å². The minimum atomic E-state index is -1.04. The van der Waals surface area contributed by atoms with Crippen LogP contribution >= 0.6 is 0 Å². The van der Waals surface area contributed by atoms with E-state index in [4.69, 9.17) is 15.6 Å². The van der Waals surface area contributed by atoms with Gasteiger partial charge in [-0.3, -0.25) is 0 Å². The van der Waals surface area contributed by atoms with E-state index in [9.17, 15) is 4.79 Å². The zero-order chi connectivity index (χ0) is 13.1. The van der Waals surface area contributed by atoms with Crippen LogP contribution in [-0.2, 0) is 4.74 Å². The first kappa shape index (κ1) is 12.6. The fraction of sp³-hybridized carbons (Fsp3) is 0.500. The Morgan fingerprint density at radius 2 is 2.39 bits per heavy atom. The first-order valence-electron chi connectivity index (χ1n) is 5.97. The summed E-state index contributed by atoms with van der Waals surface area (Å²) in [5.74, 6) is -0.603. The minimum absolute atomic E-state index is 0.0770. The molecule has 18 heavy (non-hydrogen) atoms. The van der Waals surface area contributed by atoms with Gasteiger partial charge in [-0.05, 0) is 25.8 Å². The summed E-state index contributed by atoms with van der Waals surface area (Å²) < 4.78 is 5.45. The third-order valence-electron chi connectivity index (χ3n) is 3.06. The Morgan fingerprint density at radius 1 is 1.67 bits per heavy atom. The number of aromatic nitrogens is 1. The molecule has 0 unspecified atom stereocenters. The number of carboxylic acids is 1. The monoisotopic (exact) mass is 251 g/mol. The van der Waals surface area contributed by atoms with Gasteiger partial charge in [-0.2, -0.15) is 0 Å². The van der Waals surface area contributed by atoms with Crippen molar-refractivity contribution < 1.29 is 14.6 Å². The van der Waals surface area contributed by atoms with Crippen molar-refractivity contribution >= 4 is 17.5 Å². The quantitative estimate of drug-likeness (QED) is 0.730. The summed E-state index contributed by atoms with van der Waals surface area (Å²) in [6, 6.07) is 1.65. The van der Waals surface area contributed by atoms with E-state index >= 15 is 0 Å². The molecule has 1 fully saturated rings. The number of nitrogens with zero attached hydrogens (tertiary/aromatic N) is 1. The molecule has 1 aliphatic carbocycles. The van der Waals surface area contributed by atoms with Crippen LogP contribution in [0.15, 0.2) is 12.3 Å². The molecule has 0 bridgehead atoms. The largest absolute Gasteiger partial charge is 0.478 e. The van der Waals surface area contributed by atoms with Gasteiger partial charge in [0.2, 0.25) is 0 Å². The van der Waals surface area contributed by atoms with Gasteiger partial charge < -0.3 is 20.9 Å². The van der Waals surface area contributed by atoms with Crippen LogP contribution in [0.1, 0.15) is 30.1 Å². The Morgan fingerprint density at radius 3 is 3.00 bits per heavy atom. The number of hydrogen-bond donors (Lipinski definition) is 3. The van der Waals surface area contributed by atoms with E-state index in [0.29, 0.717) is 12.4 Å². The molecule has 1 heterocycles. The summed E-state index contributed by atoms with van der Waals surface area (Å²) in [7, 11) is 0. The fourth-order valence-corrected chi connectivity index (χ4v) is 2.02. The van der Waals surface area contributed by atoms with Crippen molar-refractivity contribution in [1.82, 2.24) is 4.98 Å². The van der Waals surface area contributed by atoms with Crippen LogP contribution in [0.2, 0.25) is 0 Å². The summed E-state index contributed by atoms with van der Waals surface area (Å²) in [6.45, 7) is 2.68. The number of carbonyl (C=O) groups is 1. The molecule has 6 nitrogen and oxygen atoms in total. The lowest BCUT2D eigenvalue weighted by Gasteiger charge is -2.35. The standard InChI is InChI=1S/C12H17N3O3/c1-2-18-8-5-7(6-8)15-11-10(13)9(12(16)17)3-4-14-11/h3-4,7-8H,2,5-6,13H2,1H3,(H,14,15)(H,16,17). The van der Waals surface area contributed by atoms with E-state index < -0.39 is 5.97 Å². The van der Waals surface area contributed by atoms with Crippen molar-refractivity contribution in [2.45, 2.75) is 31.9 Å². The second-order valence-corrected chi connectivity index (χ2v) is 4.32. The number of nitrogens with one attached hydrogen (secondary N) is 1. The average molecular weight is 251 g/mol. The number of aromatic carboxylic acids is 1. The number of rotatable bonds is 5. The van der Waals surface area contributed by atoms with Crippen molar-refractivity contribution in [2.75, 3.05) is 17.7 Å². The maximum absolute atomic E-state index is 10.9. The van der Waals surface area contributed by atoms with Gasteiger partial charge in [-0.1, -0.05) is 0 Å². The molecule has 0 aliphatic heterocycles. The maximum atomic E-state index is 10.9. The maximum Gasteiger partial charge on any atom is 0.337 e. The molecular formula is C12H17N3O3. The van der Waals surface area contributed by atoms with Crippen LogP contribution in [0.5, 0.6) is 0 Å². The van der Waals surface area contributed by atoms with Crippen molar-refractivity contribution in [3.8, 4) is 0 Å². The molecule has 0 spiro atoms. The SMILES string of the molecule is CCOC1CC(Nc2nccc(C(=O)O)c2N)C1. The van der Waals surface area contributed by atoms with Gasteiger partial charge in [0.05, 0.1) is 17.4 Å². The van der Waals surface area contributed by atoms with E-state index in [-0.39, 0.29) is 23.4 Å². The molecule has 0 atom stereocenters. The molecule has 1 aromatic heterocycles. The number of carboxylic acid groups (broad SMARTS) is 1. The first-order chi connectivity index (χ1) is 8.61. The number of anilines is 2. The van der Waals surface area contributed by atoms with Crippen LogP contribution in [0.3, 0.4) is 0 Å². The molecule has 1 aliphatic rings. The molecule has 0 amide bonds. The lowest BCUT2D eigenvalue weighted by Crippen LogP contribution is -2.41. The van der Waals surface area contributed by atoms with Crippen molar-refractivity contribution in [2.24, 2.45) is 0 Å². The molecule has 1 aromatic rings. The summed E-state index contributed by atoms with van der Waals surface area (Å²) in [5, 5.41) is 12.1. The van der Waals surface area contributed by atoms with Crippen LogP contribution in [0.25, 0.3) is 0 Å². The lowest BCUT2D eigenvalue weighted by atomic mass is 9.89. The van der Waals surface area contributed by atoms with Crippen molar-refractivity contribution in [3.05, 3.63) is 17.8 Å². The van der Waals surface area contributed by atoms with Gasteiger partial charge >= 0.3 is 5.97 Å². The molecule has 6 heteroatoms. The van der Waals surface area contributed by atoms with Crippen LogP contribution in [0.4, 0.5) is 11.5 Å². The molecule has 0 radical (unpaired) electrons. The number of ether oxygens (including phenoxy) is 1. The zero-order valence-corrected chi connectivity index (χ0v) is 10.2. The molecular weight excluding hydrogens is 234 g/mol. The predicted octanol–water partition coefficient (Wildman–Crippen LogP) is 1.34. The number of nitrogens with two attached hydrogens (primary N) is 1. The summed E-state index contributed by atoms with van der Waals surface area (Å²) in [4.78, 5) is 15.0. The summed E-state index contributed by atoms with van der Waals surface area (Å²) in [6.07, 6.45) is 3.52. The minimum Gasteiger partial charge on any atom is -0.478 e. The second kappa shape index (κ2) is 5.22. The van der Waals surface area contributed by atoms with Crippen LogP contribution in [-0.4, -0.2) is 34.8 Å². The molecule has 98 valence electrons. The van der Waals surface area contributed by atoms with Gasteiger partial charge in [0, 0.05) is 18.8 Å². The molecule has 1 saturated carbocycles. The van der Waals surface area contributed by atoms with E-state index in [0.717, 1.165) is 12.8 Å². The normalized spacial score (nSPS) is 22.3. The smallest absolute Gasteiger partial charge is 0.337 e. The molecule has 0 aromatic carbocycles.